The van der Waals surface area contributed by atoms with E-state index in [1.54, 1.807) is 0 Å². The highest BCUT2D eigenvalue weighted by Crippen LogP contribution is 2.30. The molecule has 2 heterocycles. The molecule has 6 nitrogen and oxygen atoms in total. The minimum Gasteiger partial charge on any atom is -0.451 e. The molecule has 0 spiro atoms. The summed E-state index contributed by atoms with van der Waals surface area (Å²) in [5.41, 5.74) is 3.35. The number of likely N-dealkylation sites (N-methyl/N-ethyl adjacent to an activating group) is 1. The summed E-state index contributed by atoms with van der Waals surface area (Å²) in [5.74, 6) is 0.0698. The fourth-order valence-electron chi connectivity index (χ4n) is 3.79. The lowest BCUT2D eigenvalue weighted by Gasteiger charge is -2.32. The highest BCUT2D eigenvalue weighted by Gasteiger charge is 2.23. The fourth-order valence-corrected chi connectivity index (χ4v) is 3.79. The smallest absolute Gasteiger partial charge is 0.291 e. The summed E-state index contributed by atoms with van der Waals surface area (Å²) < 4.78 is 11.5. The Morgan fingerprint density at radius 3 is 2.66 bits per heavy atom. The van der Waals surface area contributed by atoms with Gasteiger partial charge >= 0.3 is 0 Å². The van der Waals surface area contributed by atoms with Crippen LogP contribution in [0.5, 0.6) is 0 Å². The number of para-hydroxylation sites is 3. The monoisotopic (exact) mass is 394 g/mol. The predicted molar refractivity (Wildman–Crippen MR) is 115 cm³/mol. The van der Waals surface area contributed by atoms with Gasteiger partial charge in [-0.25, -0.2) is 0 Å². The Bertz CT molecular complexity index is 990. The number of carbonyl (C=O) groups excluding carboxylic acids is 1. The zero-order valence-electron chi connectivity index (χ0n) is 17.0. The molecule has 0 radical (unpaired) electrons. The van der Waals surface area contributed by atoms with Crippen LogP contribution in [0.4, 0.5) is 11.4 Å². The van der Waals surface area contributed by atoms with Crippen molar-refractivity contribution in [3.05, 3.63) is 59.9 Å². The Kier molecular flexibility index (Phi) is 5.83. The number of nitrogens with one attached hydrogen (secondary N) is 2. The van der Waals surface area contributed by atoms with E-state index in [0.29, 0.717) is 24.6 Å². The molecule has 0 aliphatic carbocycles. The molecule has 1 saturated heterocycles. The molecule has 1 aromatic heterocycles. The van der Waals surface area contributed by atoms with Gasteiger partial charge in [0.15, 0.2) is 5.76 Å². The van der Waals surface area contributed by atoms with E-state index in [1.807, 2.05) is 49.4 Å². The first-order chi connectivity index (χ1) is 14.2. The number of furan rings is 1. The second-order valence-corrected chi connectivity index (χ2v) is 7.46. The standard InChI is InChI=1S/C23H27N3O3/c1-3-28-16-18-17-8-4-7-11-21(17)29-22(18)23(27)24-19-9-5-6-10-20(19)26-14-12-25(2)13-15-26/h4-11H,3,12-16H2,1-2H3,(H,24,27)/p+1. The van der Waals surface area contributed by atoms with Crippen LogP contribution in [-0.2, 0) is 11.3 Å². The number of fused-ring (bicyclic) bond motifs is 1. The molecule has 152 valence electrons. The number of nitrogens with zero attached hydrogens (tertiary/aromatic N) is 1. The second-order valence-electron chi connectivity index (χ2n) is 7.46. The zero-order valence-corrected chi connectivity index (χ0v) is 17.0. The Morgan fingerprint density at radius 2 is 1.86 bits per heavy atom. The molecular weight excluding hydrogens is 366 g/mol. The van der Waals surface area contributed by atoms with E-state index in [4.69, 9.17) is 9.15 Å². The van der Waals surface area contributed by atoms with Crippen molar-refractivity contribution in [3.8, 4) is 0 Å². The molecule has 0 unspecified atom stereocenters. The second kappa shape index (κ2) is 8.68. The average molecular weight is 394 g/mol. The molecule has 1 amide bonds. The molecule has 1 aliphatic rings. The van der Waals surface area contributed by atoms with Crippen molar-refractivity contribution in [1.29, 1.82) is 0 Å². The summed E-state index contributed by atoms with van der Waals surface area (Å²) in [7, 11) is 2.21. The molecule has 29 heavy (non-hydrogen) atoms. The molecule has 0 bridgehead atoms. The number of quaternary nitrogens is 1. The fraction of sp³-hybridized carbons (Fsp3) is 0.348. The van der Waals surface area contributed by atoms with Crippen LogP contribution in [0.1, 0.15) is 23.0 Å². The van der Waals surface area contributed by atoms with Crippen molar-refractivity contribution in [1.82, 2.24) is 0 Å². The molecule has 0 saturated carbocycles. The number of piperazine rings is 1. The van der Waals surface area contributed by atoms with Gasteiger partial charge in [0.1, 0.15) is 5.58 Å². The topological polar surface area (TPSA) is 59.1 Å². The summed E-state index contributed by atoms with van der Waals surface area (Å²) in [4.78, 5) is 17.0. The molecule has 4 rings (SSSR count). The third-order valence-corrected chi connectivity index (χ3v) is 5.46. The van der Waals surface area contributed by atoms with Crippen molar-refractivity contribution in [2.75, 3.05) is 50.1 Å². The predicted octanol–water partition coefficient (Wildman–Crippen LogP) is 2.56. The van der Waals surface area contributed by atoms with Gasteiger partial charge < -0.3 is 24.3 Å². The number of anilines is 2. The Hall–Kier alpha value is -2.83. The normalized spacial score (nSPS) is 15.0. The maximum atomic E-state index is 13.2. The number of carbonyl (C=O) groups is 1. The molecule has 1 aliphatic heterocycles. The van der Waals surface area contributed by atoms with E-state index in [0.717, 1.165) is 48.5 Å². The highest BCUT2D eigenvalue weighted by atomic mass is 16.5. The van der Waals surface area contributed by atoms with Crippen LogP contribution in [0.2, 0.25) is 0 Å². The molecule has 3 aromatic rings. The number of hydrogen-bond donors (Lipinski definition) is 2. The van der Waals surface area contributed by atoms with Crippen LogP contribution in [0.15, 0.2) is 52.9 Å². The van der Waals surface area contributed by atoms with Gasteiger partial charge in [-0.1, -0.05) is 30.3 Å². The van der Waals surface area contributed by atoms with Crippen molar-refractivity contribution < 1.29 is 18.8 Å². The van der Waals surface area contributed by atoms with E-state index in [1.165, 1.54) is 4.90 Å². The van der Waals surface area contributed by atoms with Crippen molar-refractivity contribution in [2.45, 2.75) is 13.5 Å². The highest BCUT2D eigenvalue weighted by molar-refractivity contribution is 6.07. The number of amides is 1. The first-order valence-corrected chi connectivity index (χ1v) is 10.2. The van der Waals surface area contributed by atoms with Gasteiger partial charge in [-0.05, 0) is 25.1 Å². The summed E-state index contributed by atoms with van der Waals surface area (Å²) in [6, 6.07) is 15.7. The third kappa shape index (κ3) is 4.13. The van der Waals surface area contributed by atoms with Crippen molar-refractivity contribution in [3.63, 3.8) is 0 Å². The van der Waals surface area contributed by atoms with Gasteiger partial charge in [-0.3, -0.25) is 4.79 Å². The van der Waals surface area contributed by atoms with Crippen LogP contribution in [-0.4, -0.2) is 45.7 Å². The van der Waals surface area contributed by atoms with Gasteiger partial charge in [0.2, 0.25) is 0 Å². The third-order valence-electron chi connectivity index (χ3n) is 5.46. The van der Waals surface area contributed by atoms with Crippen LogP contribution >= 0.6 is 0 Å². The van der Waals surface area contributed by atoms with E-state index >= 15 is 0 Å². The van der Waals surface area contributed by atoms with Crippen LogP contribution in [0.25, 0.3) is 11.0 Å². The first kappa shape index (κ1) is 19.5. The zero-order chi connectivity index (χ0) is 20.2. The van der Waals surface area contributed by atoms with E-state index in [2.05, 4.69) is 23.3 Å². The van der Waals surface area contributed by atoms with E-state index in [-0.39, 0.29) is 5.91 Å². The van der Waals surface area contributed by atoms with Gasteiger partial charge in [0.05, 0.1) is 51.2 Å². The summed E-state index contributed by atoms with van der Waals surface area (Å²) >= 11 is 0. The SMILES string of the molecule is CCOCc1c(C(=O)Nc2ccccc2N2CC[NH+](C)CC2)oc2ccccc12. The molecule has 1 fully saturated rings. The minimum atomic E-state index is -0.247. The van der Waals surface area contributed by atoms with E-state index < -0.39 is 0 Å². The lowest BCUT2D eigenvalue weighted by atomic mass is 10.1. The quantitative estimate of drug-likeness (QED) is 0.675. The van der Waals surface area contributed by atoms with Gasteiger partial charge in [-0.15, -0.1) is 0 Å². The van der Waals surface area contributed by atoms with Gasteiger partial charge in [0, 0.05) is 17.6 Å². The van der Waals surface area contributed by atoms with Gasteiger partial charge in [-0.2, -0.15) is 0 Å². The molecular formula is C23H28N3O3+. The summed E-state index contributed by atoms with van der Waals surface area (Å²) in [6.45, 7) is 6.98. The van der Waals surface area contributed by atoms with Gasteiger partial charge in [0.25, 0.3) is 5.91 Å². The minimum absolute atomic E-state index is 0.247. The number of benzene rings is 2. The first-order valence-electron chi connectivity index (χ1n) is 10.2. The lowest BCUT2D eigenvalue weighted by molar-refractivity contribution is -0.880. The van der Waals surface area contributed by atoms with Crippen molar-refractivity contribution in [2.24, 2.45) is 0 Å². The van der Waals surface area contributed by atoms with Crippen LogP contribution in [0.3, 0.4) is 0 Å². The molecule has 2 aromatic carbocycles. The van der Waals surface area contributed by atoms with Crippen LogP contribution < -0.4 is 15.1 Å². The summed E-state index contributed by atoms with van der Waals surface area (Å²) in [5, 5.41) is 3.99. The van der Waals surface area contributed by atoms with Crippen LogP contribution in [0, 0.1) is 0 Å². The number of rotatable bonds is 6. The van der Waals surface area contributed by atoms with E-state index in [9.17, 15) is 4.79 Å². The maximum Gasteiger partial charge on any atom is 0.291 e. The average Bonchev–Trinajstić information content (AvgIpc) is 3.12. The number of ether oxygens (including phenoxy) is 1. The Balaban J connectivity index is 1.62. The maximum absolute atomic E-state index is 13.2. The number of hydrogen-bond acceptors (Lipinski definition) is 4. The Morgan fingerprint density at radius 1 is 1.14 bits per heavy atom. The molecule has 6 heteroatoms. The Labute approximate surface area is 171 Å². The van der Waals surface area contributed by atoms with Crippen molar-refractivity contribution >= 4 is 28.3 Å². The lowest BCUT2D eigenvalue weighted by Crippen LogP contribution is -3.12. The molecule has 2 N–H and O–H groups in total. The summed E-state index contributed by atoms with van der Waals surface area (Å²) in [6.07, 6.45) is 0. The largest absolute Gasteiger partial charge is 0.451 e. The molecule has 0 atom stereocenters.